The molecule has 202 valence electrons. The van der Waals surface area contributed by atoms with Gasteiger partial charge in [-0.3, -0.25) is 14.5 Å². The Morgan fingerprint density at radius 3 is 2.54 bits per heavy atom. The van der Waals surface area contributed by atoms with Crippen molar-refractivity contribution in [3.8, 4) is 0 Å². The van der Waals surface area contributed by atoms with Gasteiger partial charge in [0.25, 0.3) is 5.91 Å². The molecule has 0 aliphatic carbocycles. The number of hydrogen-bond acceptors (Lipinski definition) is 6. The Morgan fingerprint density at radius 1 is 1.16 bits per heavy atom. The molecule has 0 saturated carbocycles. The molecule has 1 saturated heterocycles. The molecule has 4 N–H and O–H groups in total. The number of likely N-dealkylation sites (tertiary alicyclic amines) is 1. The Morgan fingerprint density at radius 2 is 1.89 bits per heavy atom. The fourth-order valence-corrected chi connectivity index (χ4v) is 5.48. The summed E-state index contributed by atoms with van der Waals surface area (Å²) < 4.78 is 66.3. The Bertz CT molecular complexity index is 1270. The number of hydrogen-bond donors (Lipinski definition) is 3. The lowest BCUT2D eigenvalue weighted by atomic mass is 10.0. The molecule has 1 unspecified atom stereocenters. The number of rotatable bonds is 9. The van der Waals surface area contributed by atoms with E-state index in [2.05, 4.69) is 10.6 Å². The Hall–Kier alpha value is -2.67. The first-order chi connectivity index (χ1) is 17.3. The molecule has 2 aromatic rings. The molecule has 8 nitrogen and oxygen atoms in total. The van der Waals surface area contributed by atoms with Gasteiger partial charge in [0.15, 0.2) is 9.84 Å². The molecule has 1 aliphatic rings. The van der Waals surface area contributed by atoms with E-state index < -0.39 is 27.5 Å². The molecule has 2 aromatic carbocycles. The van der Waals surface area contributed by atoms with Crippen molar-refractivity contribution < 1.29 is 31.2 Å². The van der Waals surface area contributed by atoms with Gasteiger partial charge < -0.3 is 16.4 Å². The van der Waals surface area contributed by atoms with Crippen LogP contribution in [0.5, 0.6) is 0 Å². The van der Waals surface area contributed by atoms with Crippen LogP contribution in [-0.4, -0.2) is 56.6 Å². The Balaban J connectivity index is 1.76. The number of benzene rings is 2. The first-order valence-corrected chi connectivity index (χ1v) is 13.6. The van der Waals surface area contributed by atoms with Crippen molar-refractivity contribution in [2.75, 3.05) is 25.4 Å². The first-order valence-electron chi connectivity index (χ1n) is 11.5. The van der Waals surface area contributed by atoms with E-state index in [0.29, 0.717) is 19.5 Å². The molecule has 1 aliphatic heterocycles. The van der Waals surface area contributed by atoms with Crippen LogP contribution >= 0.6 is 11.6 Å². The van der Waals surface area contributed by atoms with Gasteiger partial charge in [-0.05, 0) is 47.9 Å². The molecule has 0 bridgehead atoms. The number of alkyl halides is 3. The zero-order valence-corrected chi connectivity index (χ0v) is 21.6. The summed E-state index contributed by atoms with van der Waals surface area (Å²) in [6, 6.07) is 7.30. The predicted octanol–water partition coefficient (Wildman–Crippen LogP) is 2.73. The van der Waals surface area contributed by atoms with Gasteiger partial charge in [-0.25, -0.2) is 8.42 Å². The van der Waals surface area contributed by atoms with Gasteiger partial charge in [-0.1, -0.05) is 24.6 Å². The van der Waals surface area contributed by atoms with E-state index >= 15 is 0 Å². The first kappa shape index (κ1) is 28.9. The SMILES string of the molecule is CCS(=O)(=O)c1ccc(Cl)cc1CNC(=O)c1ccc(CN2CCC(NC(=O)CN)C2)c(C(F)(F)F)c1. The molecule has 2 amide bonds. The van der Waals surface area contributed by atoms with Crippen LogP contribution < -0.4 is 16.4 Å². The number of nitrogens with one attached hydrogen (secondary N) is 2. The number of nitrogens with two attached hydrogens (primary N) is 1. The smallest absolute Gasteiger partial charge is 0.351 e. The number of halogens is 4. The zero-order valence-electron chi connectivity index (χ0n) is 20.1. The molecule has 13 heteroatoms. The zero-order chi connectivity index (χ0) is 27.4. The van der Waals surface area contributed by atoms with E-state index in [0.717, 1.165) is 6.07 Å². The largest absolute Gasteiger partial charge is 0.416 e. The number of carbonyl (C=O) groups is 2. The summed E-state index contributed by atoms with van der Waals surface area (Å²) in [4.78, 5) is 26.0. The van der Waals surface area contributed by atoms with Gasteiger partial charge in [-0.15, -0.1) is 0 Å². The highest BCUT2D eigenvalue weighted by molar-refractivity contribution is 7.91. The summed E-state index contributed by atoms with van der Waals surface area (Å²) in [6.07, 6.45) is -4.11. The van der Waals surface area contributed by atoms with Crippen LogP contribution in [0.1, 0.15) is 40.4 Å². The maximum absolute atomic E-state index is 13.9. The highest BCUT2D eigenvalue weighted by Crippen LogP contribution is 2.34. The molecule has 3 rings (SSSR count). The summed E-state index contributed by atoms with van der Waals surface area (Å²) >= 11 is 5.98. The van der Waals surface area contributed by atoms with Gasteiger partial charge in [0, 0.05) is 42.8 Å². The molecule has 1 heterocycles. The molecule has 0 radical (unpaired) electrons. The van der Waals surface area contributed by atoms with Crippen molar-refractivity contribution >= 4 is 33.3 Å². The average Bonchev–Trinajstić information content (AvgIpc) is 3.28. The highest BCUT2D eigenvalue weighted by Gasteiger charge is 2.35. The van der Waals surface area contributed by atoms with Crippen molar-refractivity contribution in [3.05, 3.63) is 63.7 Å². The third-order valence-electron chi connectivity index (χ3n) is 6.07. The van der Waals surface area contributed by atoms with Gasteiger partial charge >= 0.3 is 6.18 Å². The van der Waals surface area contributed by atoms with Crippen LogP contribution in [0.3, 0.4) is 0 Å². The number of amides is 2. The van der Waals surface area contributed by atoms with Gasteiger partial charge in [-0.2, -0.15) is 13.2 Å². The normalized spacial score (nSPS) is 16.5. The van der Waals surface area contributed by atoms with Crippen molar-refractivity contribution in [2.45, 2.75) is 43.5 Å². The van der Waals surface area contributed by atoms with Gasteiger partial charge in [0.05, 0.1) is 22.8 Å². The molecule has 0 aromatic heterocycles. The van der Waals surface area contributed by atoms with Crippen LogP contribution in [0, 0.1) is 0 Å². The summed E-state index contributed by atoms with van der Waals surface area (Å²) in [5.74, 6) is -1.28. The van der Waals surface area contributed by atoms with Crippen LogP contribution in [0.15, 0.2) is 41.3 Å². The van der Waals surface area contributed by atoms with Crippen LogP contribution in [-0.2, 0) is 33.9 Å². The van der Waals surface area contributed by atoms with Crippen molar-refractivity contribution in [1.82, 2.24) is 15.5 Å². The van der Waals surface area contributed by atoms with Gasteiger partial charge in [0.1, 0.15) is 0 Å². The lowest BCUT2D eigenvalue weighted by Crippen LogP contribution is -2.40. The molecular weight excluding hydrogens is 533 g/mol. The van der Waals surface area contributed by atoms with Crippen molar-refractivity contribution in [2.24, 2.45) is 5.73 Å². The summed E-state index contributed by atoms with van der Waals surface area (Å²) in [6.45, 7) is 1.95. The predicted molar refractivity (Wildman–Crippen MR) is 133 cm³/mol. The molecule has 0 spiro atoms. The molecular formula is C24H28ClF3N4O4S. The van der Waals surface area contributed by atoms with Crippen LogP contribution in [0.25, 0.3) is 0 Å². The van der Waals surface area contributed by atoms with E-state index in [1.54, 1.807) is 4.90 Å². The second-order valence-corrected chi connectivity index (χ2v) is 11.4. The topological polar surface area (TPSA) is 122 Å². The third-order valence-corrected chi connectivity index (χ3v) is 8.13. The second-order valence-electron chi connectivity index (χ2n) is 8.70. The highest BCUT2D eigenvalue weighted by atomic mass is 35.5. The monoisotopic (exact) mass is 560 g/mol. The van der Waals surface area contributed by atoms with E-state index in [4.69, 9.17) is 17.3 Å². The number of sulfone groups is 1. The summed E-state index contributed by atoms with van der Waals surface area (Å²) in [7, 11) is -3.61. The van der Waals surface area contributed by atoms with E-state index in [1.165, 1.54) is 37.3 Å². The fourth-order valence-electron chi connectivity index (χ4n) is 4.16. The van der Waals surface area contributed by atoms with Crippen LogP contribution in [0.2, 0.25) is 5.02 Å². The van der Waals surface area contributed by atoms with Crippen molar-refractivity contribution in [1.29, 1.82) is 0 Å². The Labute approximate surface area is 218 Å². The minimum Gasteiger partial charge on any atom is -0.351 e. The third kappa shape index (κ3) is 7.44. The number of carbonyl (C=O) groups excluding carboxylic acids is 2. The van der Waals surface area contributed by atoms with Crippen LogP contribution in [0.4, 0.5) is 13.2 Å². The average molecular weight is 561 g/mol. The summed E-state index contributed by atoms with van der Waals surface area (Å²) in [5.41, 5.74) is 4.38. The number of nitrogens with zero attached hydrogens (tertiary/aromatic N) is 1. The van der Waals surface area contributed by atoms with E-state index in [1.807, 2.05) is 0 Å². The van der Waals surface area contributed by atoms with Crippen molar-refractivity contribution in [3.63, 3.8) is 0 Å². The standard InChI is InChI=1S/C24H28ClF3N4O4S/c1-2-37(35,36)21-6-5-18(25)9-17(21)12-30-23(34)15-3-4-16(20(10-15)24(26,27)28)13-32-8-7-19(14-32)31-22(33)11-29/h3-6,9-10,19H,2,7-8,11-14,29H2,1H3,(H,30,34)(H,31,33). The molecule has 37 heavy (non-hydrogen) atoms. The van der Waals surface area contributed by atoms with Gasteiger partial charge in [0.2, 0.25) is 5.91 Å². The Kier molecular flexibility index (Phi) is 9.22. The minimum absolute atomic E-state index is 0.000943. The van der Waals surface area contributed by atoms with E-state index in [-0.39, 0.29) is 63.9 Å². The quantitative estimate of drug-likeness (QED) is 0.434. The lowest BCUT2D eigenvalue weighted by molar-refractivity contribution is -0.138. The maximum atomic E-state index is 13.9. The molecule has 1 atom stereocenters. The van der Waals surface area contributed by atoms with E-state index in [9.17, 15) is 31.2 Å². The maximum Gasteiger partial charge on any atom is 0.416 e. The fraction of sp³-hybridized carbons (Fsp3) is 0.417. The second kappa shape index (κ2) is 11.8. The molecule has 1 fully saturated rings. The lowest BCUT2D eigenvalue weighted by Gasteiger charge is -2.20. The minimum atomic E-state index is -4.70. The summed E-state index contributed by atoms with van der Waals surface area (Å²) in [5, 5.41) is 5.48.